The fourth-order valence-electron chi connectivity index (χ4n) is 2.83. The molecule has 3 N–H and O–H groups in total. The number of nitro benzene ring substituents is 1. The van der Waals surface area contributed by atoms with Crippen molar-refractivity contribution in [3.8, 4) is 0 Å². The average Bonchev–Trinajstić information content (AvgIpc) is 2.78. The first kappa shape index (κ1) is 26.0. The molecule has 11 nitrogen and oxygen atoms in total. The zero-order valence-electron chi connectivity index (χ0n) is 18.3. The minimum absolute atomic E-state index is 0.0920. The number of benzene rings is 2. The number of hydrogen-bond acceptors (Lipinski definition) is 8. The van der Waals surface area contributed by atoms with E-state index in [0.29, 0.717) is 11.3 Å². The van der Waals surface area contributed by atoms with Crippen molar-refractivity contribution in [3.05, 3.63) is 58.1 Å². The van der Waals surface area contributed by atoms with E-state index in [1.807, 2.05) is 0 Å². The normalized spacial score (nSPS) is 11.0. The molecule has 178 valence electrons. The Balaban J connectivity index is 2.18. The third kappa shape index (κ3) is 6.60. The molecular formula is C20H25N5O6S2. The Bertz CT molecular complexity index is 1120. The van der Waals surface area contributed by atoms with Crippen molar-refractivity contribution >= 4 is 50.4 Å². The Labute approximate surface area is 197 Å². The van der Waals surface area contributed by atoms with Gasteiger partial charge in [-0.1, -0.05) is 13.8 Å². The molecule has 13 heteroatoms. The third-order valence-corrected chi connectivity index (χ3v) is 6.76. The maximum absolute atomic E-state index is 13.0. The first-order valence-electron chi connectivity index (χ1n) is 10.0. The monoisotopic (exact) mass is 495 g/mol. The van der Waals surface area contributed by atoms with E-state index in [4.69, 9.17) is 17.0 Å². The van der Waals surface area contributed by atoms with Gasteiger partial charge in [0.1, 0.15) is 4.90 Å². The van der Waals surface area contributed by atoms with Crippen LogP contribution in [0.2, 0.25) is 0 Å². The van der Waals surface area contributed by atoms with Crippen LogP contribution in [0.15, 0.2) is 47.4 Å². The summed E-state index contributed by atoms with van der Waals surface area (Å²) in [6.07, 6.45) is 0. The Morgan fingerprint density at radius 3 is 2.30 bits per heavy atom. The lowest BCUT2D eigenvalue weighted by Crippen LogP contribution is -2.35. The predicted octanol–water partition coefficient (Wildman–Crippen LogP) is 3.12. The van der Waals surface area contributed by atoms with Gasteiger partial charge in [0.25, 0.3) is 5.69 Å². The van der Waals surface area contributed by atoms with Gasteiger partial charge in [-0.25, -0.2) is 13.2 Å². The van der Waals surface area contributed by atoms with Crippen LogP contribution in [-0.4, -0.2) is 48.4 Å². The van der Waals surface area contributed by atoms with Crippen LogP contribution in [0.25, 0.3) is 0 Å². The molecule has 0 atom stereocenters. The molecule has 0 aromatic heterocycles. The Hall–Kier alpha value is -3.29. The number of thiocarbonyl (C=S) groups is 1. The quantitative estimate of drug-likeness (QED) is 0.195. The lowest BCUT2D eigenvalue weighted by atomic mass is 10.2. The molecule has 0 amide bonds. The maximum atomic E-state index is 13.0. The Kier molecular flexibility index (Phi) is 9.08. The fourth-order valence-corrected chi connectivity index (χ4v) is 4.63. The lowest BCUT2D eigenvalue weighted by molar-refractivity contribution is -0.385. The molecule has 0 fully saturated rings. The van der Waals surface area contributed by atoms with Gasteiger partial charge in [0.05, 0.1) is 22.8 Å². The van der Waals surface area contributed by atoms with Gasteiger partial charge in [0.15, 0.2) is 5.11 Å². The van der Waals surface area contributed by atoms with Gasteiger partial charge in [-0.05, 0) is 49.5 Å². The average molecular weight is 496 g/mol. The first-order chi connectivity index (χ1) is 15.6. The molecule has 2 aromatic carbocycles. The number of hydrazine groups is 1. The fraction of sp³-hybridized carbons (Fsp3) is 0.300. The highest BCUT2D eigenvalue weighted by atomic mass is 32.2. The molecule has 0 spiro atoms. The van der Waals surface area contributed by atoms with Crippen molar-refractivity contribution in [1.82, 2.24) is 9.73 Å². The van der Waals surface area contributed by atoms with Crippen LogP contribution in [0, 0.1) is 10.1 Å². The number of sulfonamides is 1. The minimum atomic E-state index is -3.99. The van der Waals surface area contributed by atoms with Crippen LogP contribution >= 0.6 is 12.2 Å². The molecule has 0 heterocycles. The number of carbonyl (C=O) groups is 1. The number of carbonyl (C=O) groups excluding carboxylic acids is 1. The molecule has 0 saturated carbocycles. The van der Waals surface area contributed by atoms with Crippen molar-refractivity contribution in [1.29, 1.82) is 0 Å². The molecule has 33 heavy (non-hydrogen) atoms. The number of rotatable bonds is 10. The molecule has 2 aromatic rings. The summed E-state index contributed by atoms with van der Waals surface area (Å²) >= 11 is 5.22. The van der Waals surface area contributed by atoms with E-state index >= 15 is 0 Å². The summed E-state index contributed by atoms with van der Waals surface area (Å²) in [4.78, 5) is 22.0. The second-order valence-corrected chi connectivity index (χ2v) is 8.84. The number of esters is 1. The van der Waals surface area contributed by atoms with E-state index in [2.05, 4.69) is 16.2 Å². The SMILES string of the molecule is CCOC(=O)c1ccc(NC(=S)NNc2ccc([N+](=O)[O-])cc2S(=O)(=O)N(CC)CC)cc1. The maximum Gasteiger partial charge on any atom is 0.338 e. The summed E-state index contributed by atoms with van der Waals surface area (Å²) < 4.78 is 32.1. The molecule has 0 aliphatic heterocycles. The molecule has 0 saturated heterocycles. The topological polar surface area (TPSA) is 143 Å². The Morgan fingerprint density at radius 1 is 1.12 bits per heavy atom. The second kappa shape index (κ2) is 11.5. The molecule has 0 radical (unpaired) electrons. The molecule has 0 unspecified atom stereocenters. The van der Waals surface area contributed by atoms with E-state index < -0.39 is 20.9 Å². The highest BCUT2D eigenvalue weighted by Crippen LogP contribution is 2.28. The molecule has 0 aliphatic rings. The summed E-state index contributed by atoms with van der Waals surface area (Å²) in [5.74, 6) is -0.438. The zero-order chi connectivity index (χ0) is 24.6. The van der Waals surface area contributed by atoms with Gasteiger partial charge < -0.3 is 10.1 Å². The predicted molar refractivity (Wildman–Crippen MR) is 129 cm³/mol. The summed E-state index contributed by atoms with van der Waals surface area (Å²) in [6.45, 7) is 5.75. The largest absolute Gasteiger partial charge is 0.462 e. The molecule has 0 bridgehead atoms. The van der Waals surface area contributed by atoms with Gasteiger partial charge >= 0.3 is 5.97 Å². The molecule has 2 rings (SSSR count). The smallest absolute Gasteiger partial charge is 0.338 e. The third-order valence-electron chi connectivity index (χ3n) is 4.46. The Morgan fingerprint density at radius 2 is 1.76 bits per heavy atom. The van der Waals surface area contributed by atoms with Crippen LogP contribution in [0.1, 0.15) is 31.1 Å². The number of ether oxygens (including phenoxy) is 1. The minimum Gasteiger partial charge on any atom is -0.462 e. The van der Waals surface area contributed by atoms with E-state index in [9.17, 15) is 23.3 Å². The van der Waals surface area contributed by atoms with Crippen molar-refractivity contribution in [2.24, 2.45) is 0 Å². The van der Waals surface area contributed by atoms with E-state index in [1.54, 1.807) is 45.0 Å². The van der Waals surface area contributed by atoms with Crippen LogP contribution in [0.3, 0.4) is 0 Å². The van der Waals surface area contributed by atoms with Crippen LogP contribution in [0.4, 0.5) is 17.1 Å². The van der Waals surface area contributed by atoms with Crippen LogP contribution < -0.4 is 16.2 Å². The highest BCUT2D eigenvalue weighted by Gasteiger charge is 2.27. The van der Waals surface area contributed by atoms with Gasteiger partial charge in [0.2, 0.25) is 10.0 Å². The first-order valence-corrected chi connectivity index (χ1v) is 11.9. The number of nitrogens with one attached hydrogen (secondary N) is 3. The van der Waals surface area contributed by atoms with Crippen molar-refractivity contribution < 1.29 is 22.9 Å². The second-order valence-electron chi connectivity index (χ2n) is 6.53. The van der Waals surface area contributed by atoms with E-state index in [0.717, 1.165) is 6.07 Å². The van der Waals surface area contributed by atoms with E-state index in [-0.39, 0.29) is 41.1 Å². The van der Waals surface area contributed by atoms with Crippen molar-refractivity contribution in [2.45, 2.75) is 25.7 Å². The van der Waals surface area contributed by atoms with Gasteiger partial charge in [-0.15, -0.1) is 0 Å². The standard InChI is InChI=1S/C20H25N5O6S2/c1-4-24(5-2)33(29,30)18-13-16(25(27)28)11-12-17(18)22-23-20(32)21-15-9-7-14(8-10-15)19(26)31-6-3/h7-13,22H,4-6H2,1-3H3,(H2,21,23,32). The molecule has 0 aliphatic carbocycles. The number of non-ortho nitro benzene ring substituents is 1. The number of hydrogen-bond donors (Lipinski definition) is 3. The number of nitrogens with zero attached hydrogens (tertiary/aromatic N) is 2. The van der Waals surface area contributed by atoms with Crippen LogP contribution in [-0.2, 0) is 14.8 Å². The summed E-state index contributed by atoms with van der Waals surface area (Å²) in [6, 6.07) is 9.88. The highest BCUT2D eigenvalue weighted by molar-refractivity contribution is 7.89. The molecular weight excluding hydrogens is 470 g/mol. The van der Waals surface area contributed by atoms with Gasteiger partial charge in [-0.2, -0.15) is 4.31 Å². The van der Waals surface area contributed by atoms with Crippen molar-refractivity contribution in [3.63, 3.8) is 0 Å². The summed E-state index contributed by atoms with van der Waals surface area (Å²) in [7, 11) is -3.99. The lowest BCUT2D eigenvalue weighted by Gasteiger charge is -2.21. The number of nitro groups is 1. The zero-order valence-corrected chi connectivity index (χ0v) is 20.0. The van der Waals surface area contributed by atoms with Gasteiger partial charge in [0, 0.05) is 30.9 Å². The van der Waals surface area contributed by atoms with Gasteiger partial charge in [-0.3, -0.25) is 21.0 Å². The number of anilines is 2. The van der Waals surface area contributed by atoms with Crippen LogP contribution in [0.5, 0.6) is 0 Å². The van der Waals surface area contributed by atoms with Crippen molar-refractivity contribution in [2.75, 3.05) is 30.4 Å². The van der Waals surface area contributed by atoms with E-state index in [1.165, 1.54) is 16.4 Å². The summed E-state index contributed by atoms with van der Waals surface area (Å²) in [5, 5.41) is 14.2. The summed E-state index contributed by atoms with van der Waals surface area (Å²) in [5.41, 5.74) is 6.06.